The van der Waals surface area contributed by atoms with Gasteiger partial charge in [-0.2, -0.15) is 0 Å². The summed E-state index contributed by atoms with van der Waals surface area (Å²) in [5.41, 5.74) is 0. The maximum absolute atomic E-state index is 10.7. The average Bonchev–Trinajstić information content (AvgIpc) is 2.11. The van der Waals surface area contributed by atoms with Gasteiger partial charge in [-0.3, -0.25) is 9.59 Å². The third-order valence-corrected chi connectivity index (χ3v) is 1.77. The minimum atomic E-state index is -1.45. The summed E-state index contributed by atoms with van der Waals surface area (Å²) in [6.45, 7) is 0.478. The van der Waals surface area contributed by atoms with Gasteiger partial charge in [-0.15, -0.1) is 0 Å². The highest BCUT2D eigenvalue weighted by Gasteiger charge is 2.28. The molecule has 0 aromatic rings. The minimum Gasteiger partial charge on any atom is -0.481 e. The van der Waals surface area contributed by atoms with Crippen molar-refractivity contribution in [2.45, 2.75) is 31.6 Å². The Hall–Kier alpha value is -1.18. The van der Waals surface area contributed by atoms with E-state index in [1.165, 1.54) is 0 Å². The van der Waals surface area contributed by atoms with Crippen LogP contribution in [0.5, 0.6) is 0 Å². The van der Waals surface area contributed by atoms with Crippen LogP contribution in [-0.2, 0) is 9.59 Å². The molecule has 0 aliphatic carbocycles. The first-order chi connectivity index (χ1) is 6.88. The number of aliphatic hydroxyl groups is 3. The van der Waals surface area contributed by atoms with Crippen molar-refractivity contribution in [3.63, 3.8) is 0 Å². The van der Waals surface area contributed by atoms with Gasteiger partial charge in [0.05, 0.1) is 31.3 Å². The van der Waals surface area contributed by atoms with Crippen molar-refractivity contribution < 1.29 is 30.0 Å². The van der Waals surface area contributed by atoms with Crippen molar-refractivity contribution in [1.82, 2.24) is 5.32 Å². The molecule has 5 N–H and O–H groups in total. The molecule has 0 bridgehead atoms. The van der Waals surface area contributed by atoms with Gasteiger partial charge in [0.1, 0.15) is 0 Å². The largest absolute Gasteiger partial charge is 0.481 e. The fourth-order valence-electron chi connectivity index (χ4n) is 1.10. The molecule has 7 nitrogen and oxygen atoms in total. The third kappa shape index (κ3) is 5.31. The minimum absolute atomic E-state index is 0.531. The highest BCUT2D eigenvalue weighted by molar-refractivity contribution is 5.73. The van der Waals surface area contributed by atoms with Crippen molar-refractivity contribution in [2.24, 2.45) is 0 Å². The molecule has 0 aromatic carbocycles. The highest BCUT2D eigenvalue weighted by Crippen LogP contribution is 2.04. The van der Waals surface area contributed by atoms with E-state index >= 15 is 0 Å². The first-order valence-corrected chi connectivity index (χ1v) is 4.34. The Morgan fingerprint density at radius 2 is 1.80 bits per heavy atom. The molecule has 0 heterocycles. The summed E-state index contributed by atoms with van der Waals surface area (Å²) in [6, 6.07) is -1.19. The molecule has 88 valence electrons. The predicted molar refractivity (Wildman–Crippen MR) is 49.0 cm³/mol. The molecule has 0 rings (SSSR count). The first-order valence-electron chi connectivity index (χ1n) is 4.34. The number of amides is 1. The third-order valence-electron chi connectivity index (χ3n) is 1.77. The van der Waals surface area contributed by atoms with E-state index in [0.717, 1.165) is 6.92 Å². The van der Waals surface area contributed by atoms with Crippen molar-refractivity contribution in [1.29, 1.82) is 0 Å². The van der Waals surface area contributed by atoms with E-state index < -0.39 is 43.2 Å². The zero-order chi connectivity index (χ0) is 12.0. The van der Waals surface area contributed by atoms with Crippen LogP contribution in [-0.4, -0.2) is 57.2 Å². The van der Waals surface area contributed by atoms with Crippen LogP contribution in [0.4, 0.5) is 0 Å². The fraction of sp³-hybridized carbons (Fsp3) is 0.750. The lowest BCUT2D eigenvalue weighted by Gasteiger charge is -2.26. The van der Waals surface area contributed by atoms with E-state index in [1.54, 1.807) is 0 Å². The number of hydrogen-bond donors (Lipinski definition) is 5. The van der Waals surface area contributed by atoms with Crippen molar-refractivity contribution in [3.8, 4) is 0 Å². The number of aliphatic carboxylic acids is 1. The van der Waals surface area contributed by atoms with Crippen LogP contribution in [0.2, 0.25) is 0 Å². The molecule has 0 aliphatic heterocycles. The quantitative estimate of drug-likeness (QED) is 0.342. The Morgan fingerprint density at radius 3 is 2.13 bits per heavy atom. The second-order valence-electron chi connectivity index (χ2n) is 3.14. The van der Waals surface area contributed by atoms with Gasteiger partial charge in [0, 0.05) is 6.92 Å². The van der Waals surface area contributed by atoms with Gasteiger partial charge in [0.25, 0.3) is 0 Å². The zero-order valence-corrected chi connectivity index (χ0v) is 8.25. The summed E-state index contributed by atoms with van der Waals surface area (Å²) in [6.07, 6.45) is -3.47. The standard InChI is InChI=1S/C8H15NO6/c1-4(11)9-8(6(13)3-10)5(12)2-7(14)15/h5-6,8,10,12-13H,2-3H2,1H3,(H,9,11)(H,14,15)/t5-,6-,8-/m1/s1. The first kappa shape index (κ1) is 13.8. The van der Waals surface area contributed by atoms with Gasteiger partial charge in [-0.25, -0.2) is 0 Å². The van der Waals surface area contributed by atoms with Crippen LogP contribution < -0.4 is 5.32 Å². The van der Waals surface area contributed by atoms with E-state index in [4.69, 9.17) is 10.2 Å². The van der Waals surface area contributed by atoms with E-state index in [1.807, 2.05) is 0 Å². The second kappa shape index (κ2) is 6.33. The Bertz CT molecular complexity index is 231. The zero-order valence-electron chi connectivity index (χ0n) is 8.25. The van der Waals surface area contributed by atoms with Crippen molar-refractivity contribution in [2.75, 3.05) is 6.61 Å². The SMILES string of the molecule is CC(=O)N[C@@H]([C@H](O)CO)[C@H](O)CC(=O)O. The molecule has 0 saturated heterocycles. The smallest absolute Gasteiger partial charge is 0.306 e. The topological polar surface area (TPSA) is 127 Å². The molecule has 0 fully saturated rings. The van der Waals surface area contributed by atoms with Crippen LogP contribution in [0.25, 0.3) is 0 Å². The summed E-state index contributed by atoms with van der Waals surface area (Å²) in [7, 11) is 0. The normalized spacial score (nSPS) is 16.5. The molecule has 7 heteroatoms. The van der Waals surface area contributed by atoms with Gasteiger partial charge >= 0.3 is 5.97 Å². The number of carbonyl (C=O) groups is 2. The maximum atomic E-state index is 10.7. The lowest BCUT2D eigenvalue weighted by Crippen LogP contribution is -2.52. The van der Waals surface area contributed by atoms with Crippen molar-refractivity contribution >= 4 is 11.9 Å². The predicted octanol–water partition coefficient (Wildman–Crippen LogP) is -2.32. The Morgan fingerprint density at radius 1 is 1.27 bits per heavy atom. The Balaban J connectivity index is 4.46. The molecule has 15 heavy (non-hydrogen) atoms. The van der Waals surface area contributed by atoms with Gasteiger partial charge in [-0.05, 0) is 0 Å². The summed E-state index contributed by atoms with van der Waals surface area (Å²) < 4.78 is 0. The number of aliphatic hydroxyl groups excluding tert-OH is 3. The number of rotatable bonds is 6. The molecule has 3 atom stereocenters. The van der Waals surface area contributed by atoms with Crippen LogP contribution in [0, 0.1) is 0 Å². The summed E-state index contributed by atoms with van der Waals surface area (Å²) in [4.78, 5) is 21.0. The van der Waals surface area contributed by atoms with E-state index in [-0.39, 0.29) is 0 Å². The fourth-order valence-corrected chi connectivity index (χ4v) is 1.10. The number of carboxylic acids is 1. The lowest BCUT2D eigenvalue weighted by atomic mass is 10.0. The van der Waals surface area contributed by atoms with Crippen LogP contribution in [0.3, 0.4) is 0 Å². The van der Waals surface area contributed by atoms with Gasteiger partial charge in [0.15, 0.2) is 0 Å². The van der Waals surface area contributed by atoms with Crippen LogP contribution >= 0.6 is 0 Å². The summed E-state index contributed by atoms with van der Waals surface area (Å²) in [5, 5.41) is 37.8. The number of nitrogens with one attached hydrogen (secondary N) is 1. The molecule has 0 spiro atoms. The van der Waals surface area contributed by atoms with Crippen LogP contribution in [0.1, 0.15) is 13.3 Å². The Labute approximate surface area is 86.3 Å². The average molecular weight is 221 g/mol. The van der Waals surface area contributed by atoms with Gasteiger partial charge in [-0.1, -0.05) is 0 Å². The molecule has 0 aliphatic rings. The number of carbonyl (C=O) groups excluding carboxylic acids is 1. The monoisotopic (exact) mass is 221 g/mol. The van der Waals surface area contributed by atoms with E-state index in [9.17, 15) is 19.8 Å². The number of hydrogen-bond acceptors (Lipinski definition) is 5. The van der Waals surface area contributed by atoms with Gasteiger partial charge < -0.3 is 25.7 Å². The number of carboxylic acid groups (broad SMARTS) is 1. The van der Waals surface area contributed by atoms with E-state index in [2.05, 4.69) is 5.32 Å². The summed E-state index contributed by atoms with van der Waals surface area (Å²) in [5.74, 6) is -1.79. The maximum Gasteiger partial charge on any atom is 0.306 e. The van der Waals surface area contributed by atoms with Gasteiger partial charge in [0.2, 0.25) is 5.91 Å². The summed E-state index contributed by atoms with van der Waals surface area (Å²) >= 11 is 0. The molecule has 0 saturated carbocycles. The van der Waals surface area contributed by atoms with Crippen LogP contribution in [0.15, 0.2) is 0 Å². The molecular formula is C8H15NO6. The van der Waals surface area contributed by atoms with E-state index in [0.29, 0.717) is 0 Å². The molecule has 0 unspecified atom stereocenters. The highest BCUT2D eigenvalue weighted by atomic mass is 16.4. The molecular weight excluding hydrogens is 206 g/mol. The molecule has 1 amide bonds. The molecule has 0 aromatic heterocycles. The molecule has 0 radical (unpaired) electrons. The van der Waals surface area contributed by atoms with Crippen molar-refractivity contribution in [3.05, 3.63) is 0 Å². The lowest BCUT2D eigenvalue weighted by molar-refractivity contribution is -0.141. The second-order valence-corrected chi connectivity index (χ2v) is 3.14. The Kier molecular flexibility index (Phi) is 5.83.